The number of halogens is 1. The van der Waals surface area contributed by atoms with Crippen molar-refractivity contribution in [3.8, 4) is 0 Å². The van der Waals surface area contributed by atoms with Crippen molar-refractivity contribution in [2.24, 2.45) is 5.92 Å². The summed E-state index contributed by atoms with van der Waals surface area (Å²) in [7, 11) is 0. The molecule has 0 saturated heterocycles. The Bertz CT molecular complexity index is 216. The number of allylic oxidation sites excluding steroid dienone is 4. The molecule has 0 N–H and O–H groups in total. The second kappa shape index (κ2) is 3.86. The fourth-order valence-electron chi connectivity index (χ4n) is 1.19. The Morgan fingerprint density at radius 2 is 2.55 bits per heavy atom. The van der Waals surface area contributed by atoms with E-state index in [9.17, 15) is 4.79 Å². The van der Waals surface area contributed by atoms with Crippen LogP contribution in [-0.2, 0) is 4.79 Å². The van der Waals surface area contributed by atoms with Crippen molar-refractivity contribution >= 4 is 22.2 Å². The van der Waals surface area contributed by atoms with Crippen LogP contribution in [0, 0.1) is 5.92 Å². The molecule has 0 spiro atoms. The van der Waals surface area contributed by atoms with Crippen molar-refractivity contribution in [3.63, 3.8) is 0 Å². The van der Waals surface area contributed by atoms with E-state index in [-0.39, 0.29) is 0 Å². The smallest absolute Gasteiger partial charge is 0.146 e. The average molecular weight is 215 g/mol. The first kappa shape index (κ1) is 8.72. The van der Waals surface area contributed by atoms with Crippen LogP contribution in [0.25, 0.3) is 0 Å². The Kier molecular flexibility index (Phi) is 3.06. The standard InChI is InChI=1S/C9H11BrO/c1-7-2-3-8(5-10)9(4-7)6-11/h2-3,6-7H,4-5H2,1H3. The van der Waals surface area contributed by atoms with Gasteiger partial charge in [0.15, 0.2) is 0 Å². The second-order valence-corrected chi connectivity index (χ2v) is 3.40. The fraction of sp³-hybridized carbons (Fsp3) is 0.444. The zero-order chi connectivity index (χ0) is 8.27. The molecular weight excluding hydrogens is 204 g/mol. The Labute approximate surface area is 75.3 Å². The lowest BCUT2D eigenvalue weighted by molar-refractivity contribution is -0.105. The Morgan fingerprint density at radius 3 is 3.09 bits per heavy atom. The second-order valence-electron chi connectivity index (χ2n) is 2.84. The zero-order valence-electron chi connectivity index (χ0n) is 6.51. The molecule has 0 heterocycles. The van der Waals surface area contributed by atoms with Crippen LogP contribution in [0.15, 0.2) is 23.3 Å². The van der Waals surface area contributed by atoms with Gasteiger partial charge in [0.25, 0.3) is 0 Å². The molecule has 0 aromatic carbocycles. The minimum Gasteiger partial charge on any atom is -0.298 e. The first-order chi connectivity index (χ1) is 5.27. The maximum absolute atomic E-state index is 10.6. The van der Waals surface area contributed by atoms with Crippen LogP contribution in [0.2, 0.25) is 0 Å². The number of carbonyl (C=O) groups excluding carboxylic acids is 1. The number of rotatable bonds is 2. The van der Waals surface area contributed by atoms with E-state index in [4.69, 9.17) is 0 Å². The van der Waals surface area contributed by atoms with Crippen molar-refractivity contribution in [2.45, 2.75) is 13.3 Å². The molecular formula is C9H11BrO. The molecule has 2 heteroatoms. The van der Waals surface area contributed by atoms with Gasteiger partial charge in [0.2, 0.25) is 0 Å². The molecule has 0 aromatic heterocycles. The third-order valence-electron chi connectivity index (χ3n) is 1.87. The molecule has 0 aliphatic heterocycles. The molecule has 0 aromatic rings. The molecule has 1 aliphatic carbocycles. The first-order valence-electron chi connectivity index (χ1n) is 3.69. The summed E-state index contributed by atoms with van der Waals surface area (Å²) < 4.78 is 0. The summed E-state index contributed by atoms with van der Waals surface area (Å²) in [6, 6.07) is 0. The minimum atomic E-state index is 0.512. The van der Waals surface area contributed by atoms with Gasteiger partial charge in [-0.2, -0.15) is 0 Å². The van der Waals surface area contributed by atoms with Crippen LogP contribution >= 0.6 is 15.9 Å². The van der Waals surface area contributed by atoms with Gasteiger partial charge in [0.1, 0.15) is 6.29 Å². The summed E-state index contributed by atoms with van der Waals surface area (Å²) in [5.74, 6) is 0.512. The Balaban J connectivity index is 2.85. The van der Waals surface area contributed by atoms with Crippen molar-refractivity contribution < 1.29 is 4.79 Å². The maximum atomic E-state index is 10.6. The molecule has 0 amide bonds. The monoisotopic (exact) mass is 214 g/mol. The van der Waals surface area contributed by atoms with Gasteiger partial charge in [-0.05, 0) is 23.5 Å². The van der Waals surface area contributed by atoms with Gasteiger partial charge < -0.3 is 0 Å². The third kappa shape index (κ3) is 2.03. The van der Waals surface area contributed by atoms with E-state index in [1.54, 1.807) is 0 Å². The van der Waals surface area contributed by atoms with Gasteiger partial charge in [0.05, 0.1) is 0 Å². The maximum Gasteiger partial charge on any atom is 0.146 e. The van der Waals surface area contributed by atoms with Crippen molar-refractivity contribution in [3.05, 3.63) is 23.3 Å². The number of alkyl halides is 1. The molecule has 1 atom stereocenters. The van der Waals surface area contributed by atoms with Crippen molar-refractivity contribution in [2.75, 3.05) is 5.33 Å². The average Bonchev–Trinajstić information content (AvgIpc) is 2.04. The predicted octanol–water partition coefficient (Wildman–Crippen LogP) is 2.47. The van der Waals surface area contributed by atoms with E-state index in [0.29, 0.717) is 5.92 Å². The lowest BCUT2D eigenvalue weighted by Crippen LogP contribution is -2.03. The molecule has 11 heavy (non-hydrogen) atoms. The summed E-state index contributed by atoms with van der Waals surface area (Å²) in [4.78, 5) is 10.6. The van der Waals surface area contributed by atoms with E-state index in [1.165, 1.54) is 0 Å². The minimum absolute atomic E-state index is 0.512. The summed E-state index contributed by atoms with van der Waals surface area (Å²) in [6.45, 7) is 2.12. The van der Waals surface area contributed by atoms with E-state index in [0.717, 1.165) is 29.2 Å². The summed E-state index contributed by atoms with van der Waals surface area (Å²) in [5.41, 5.74) is 2.06. The highest BCUT2D eigenvalue weighted by Crippen LogP contribution is 2.22. The molecule has 1 nitrogen and oxygen atoms in total. The topological polar surface area (TPSA) is 17.1 Å². The van der Waals surface area contributed by atoms with E-state index < -0.39 is 0 Å². The third-order valence-corrected chi connectivity index (χ3v) is 2.47. The van der Waals surface area contributed by atoms with Gasteiger partial charge in [-0.15, -0.1) is 0 Å². The summed E-state index contributed by atoms with van der Waals surface area (Å²) in [6.07, 6.45) is 6.04. The van der Waals surface area contributed by atoms with Gasteiger partial charge >= 0.3 is 0 Å². The predicted molar refractivity (Wildman–Crippen MR) is 49.8 cm³/mol. The Hall–Kier alpha value is -0.370. The van der Waals surface area contributed by atoms with Gasteiger partial charge in [-0.3, -0.25) is 4.79 Å². The molecule has 0 radical (unpaired) electrons. The normalized spacial score (nSPS) is 24.0. The number of hydrogen-bond donors (Lipinski definition) is 0. The van der Waals surface area contributed by atoms with Gasteiger partial charge in [0, 0.05) is 5.33 Å². The number of hydrogen-bond acceptors (Lipinski definition) is 1. The molecule has 60 valence electrons. The molecule has 1 aliphatic rings. The molecule has 0 fully saturated rings. The van der Waals surface area contributed by atoms with Gasteiger partial charge in [-0.1, -0.05) is 35.0 Å². The highest BCUT2D eigenvalue weighted by molar-refractivity contribution is 9.09. The molecule has 0 saturated carbocycles. The van der Waals surface area contributed by atoms with Crippen LogP contribution in [0.3, 0.4) is 0 Å². The quantitative estimate of drug-likeness (QED) is 0.510. The largest absolute Gasteiger partial charge is 0.298 e. The lowest BCUT2D eigenvalue weighted by Gasteiger charge is -2.14. The van der Waals surface area contributed by atoms with Crippen LogP contribution in [0.5, 0.6) is 0 Å². The van der Waals surface area contributed by atoms with E-state index >= 15 is 0 Å². The highest BCUT2D eigenvalue weighted by Gasteiger charge is 2.10. The SMILES string of the molecule is CC1C=CC(CBr)=C(C=O)C1. The fourth-order valence-corrected chi connectivity index (χ4v) is 1.73. The first-order valence-corrected chi connectivity index (χ1v) is 4.81. The van der Waals surface area contributed by atoms with Crippen molar-refractivity contribution in [1.82, 2.24) is 0 Å². The van der Waals surface area contributed by atoms with E-state index in [1.807, 2.05) is 6.08 Å². The van der Waals surface area contributed by atoms with Crippen LogP contribution in [0.1, 0.15) is 13.3 Å². The molecule has 1 unspecified atom stereocenters. The molecule has 1 rings (SSSR count). The highest BCUT2D eigenvalue weighted by atomic mass is 79.9. The van der Waals surface area contributed by atoms with Crippen molar-refractivity contribution in [1.29, 1.82) is 0 Å². The zero-order valence-corrected chi connectivity index (χ0v) is 8.10. The summed E-state index contributed by atoms with van der Waals surface area (Å²) in [5, 5.41) is 0.782. The number of aldehydes is 1. The van der Waals surface area contributed by atoms with E-state index in [2.05, 4.69) is 28.9 Å². The van der Waals surface area contributed by atoms with Crippen LogP contribution < -0.4 is 0 Å². The Morgan fingerprint density at radius 1 is 1.82 bits per heavy atom. The number of carbonyl (C=O) groups is 1. The van der Waals surface area contributed by atoms with Crippen LogP contribution in [-0.4, -0.2) is 11.6 Å². The summed E-state index contributed by atoms with van der Waals surface area (Å²) >= 11 is 3.34. The molecule has 0 bridgehead atoms. The van der Waals surface area contributed by atoms with Gasteiger partial charge in [-0.25, -0.2) is 0 Å². The van der Waals surface area contributed by atoms with Crippen LogP contribution in [0.4, 0.5) is 0 Å². The lowest BCUT2D eigenvalue weighted by atomic mass is 9.92.